The van der Waals surface area contributed by atoms with Crippen molar-refractivity contribution in [2.75, 3.05) is 11.1 Å². The second-order valence-corrected chi connectivity index (χ2v) is 11.2. The predicted molar refractivity (Wildman–Crippen MR) is 117 cm³/mol. The summed E-state index contributed by atoms with van der Waals surface area (Å²) in [4.78, 5) is 25.3. The van der Waals surface area contributed by atoms with E-state index in [4.69, 9.17) is 0 Å². The van der Waals surface area contributed by atoms with Gasteiger partial charge in [-0.25, -0.2) is 8.42 Å². The van der Waals surface area contributed by atoms with Crippen molar-refractivity contribution in [1.82, 2.24) is 5.32 Å². The molecule has 0 fully saturated rings. The largest absolute Gasteiger partial charge is 0.349 e. The van der Waals surface area contributed by atoms with Gasteiger partial charge in [-0.3, -0.25) is 9.59 Å². The van der Waals surface area contributed by atoms with E-state index in [9.17, 15) is 18.0 Å². The van der Waals surface area contributed by atoms with Gasteiger partial charge in [0.05, 0.1) is 27.6 Å². The van der Waals surface area contributed by atoms with Crippen LogP contribution in [-0.2, 0) is 25.8 Å². The number of aryl methyl sites for hydroxylation is 1. The fraction of sp³-hybridized carbons (Fsp3) is 0.364. The lowest BCUT2D eigenvalue weighted by Crippen LogP contribution is -2.32. The highest BCUT2D eigenvalue weighted by atomic mass is 32.2. The number of fused-ring (bicyclic) bond motifs is 2. The standard InChI is InChI=1S/C22H24N2O4S2/c1-14-22(26)24-19-13-16(9-10-20(19)29-14)30(27,28)12-11-21(25)23-18-8-4-6-15-5-2-3-7-17(15)18/h2-3,5,7,9-10,13-14,18H,4,6,8,11-12H2,1H3,(H,23,25)(H,24,26). The van der Waals surface area contributed by atoms with Crippen LogP contribution in [0.2, 0.25) is 0 Å². The molecule has 2 aromatic carbocycles. The van der Waals surface area contributed by atoms with Gasteiger partial charge in [0.25, 0.3) is 0 Å². The van der Waals surface area contributed by atoms with Crippen LogP contribution in [0.3, 0.4) is 0 Å². The molecule has 1 aliphatic heterocycles. The van der Waals surface area contributed by atoms with E-state index in [0.717, 1.165) is 29.7 Å². The number of hydrogen-bond acceptors (Lipinski definition) is 5. The van der Waals surface area contributed by atoms with Gasteiger partial charge in [-0.2, -0.15) is 0 Å². The third kappa shape index (κ3) is 4.39. The molecule has 0 saturated carbocycles. The zero-order chi connectivity index (χ0) is 21.3. The third-order valence-electron chi connectivity index (χ3n) is 5.54. The van der Waals surface area contributed by atoms with Gasteiger partial charge in [0.1, 0.15) is 0 Å². The van der Waals surface area contributed by atoms with E-state index in [1.165, 1.54) is 23.4 Å². The Kier molecular flexibility index (Phi) is 5.88. The van der Waals surface area contributed by atoms with Gasteiger partial charge < -0.3 is 10.6 Å². The molecule has 8 heteroatoms. The summed E-state index contributed by atoms with van der Waals surface area (Å²) in [6, 6.07) is 12.7. The maximum atomic E-state index is 12.8. The Balaban J connectivity index is 1.41. The summed E-state index contributed by atoms with van der Waals surface area (Å²) in [5, 5.41) is 5.53. The van der Waals surface area contributed by atoms with Crippen LogP contribution in [0.4, 0.5) is 5.69 Å². The van der Waals surface area contributed by atoms with E-state index < -0.39 is 9.84 Å². The van der Waals surface area contributed by atoms with Crippen molar-refractivity contribution in [3.8, 4) is 0 Å². The maximum Gasteiger partial charge on any atom is 0.237 e. The van der Waals surface area contributed by atoms with Gasteiger partial charge in [0.15, 0.2) is 9.84 Å². The number of carbonyl (C=O) groups is 2. The molecule has 0 aromatic heterocycles. The Morgan fingerprint density at radius 3 is 2.87 bits per heavy atom. The highest BCUT2D eigenvalue weighted by molar-refractivity contribution is 8.01. The number of amides is 2. The van der Waals surface area contributed by atoms with Crippen LogP contribution in [-0.4, -0.2) is 31.2 Å². The highest BCUT2D eigenvalue weighted by Gasteiger charge is 2.26. The van der Waals surface area contributed by atoms with Crippen molar-refractivity contribution >= 4 is 39.1 Å². The molecule has 2 amide bonds. The third-order valence-corrected chi connectivity index (χ3v) is 8.43. The number of hydrogen-bond donors (Lipinski definition) is 2. The highest BCUT2D eigenvalue weighted by Crippen LogP contribution is 2.37. The Morgan fingerprint density at radius 1 is 1.23 bits per heavy atom. The van der Waals surface area contributed by atoms with E-state index in [-0.39, 0.29) is 40.2 Å². The minimum atomic E-state index is -3.64. The molecule has 1 heterocycles. The van der Waals surface area contributed by atoms with E-state index in [1.807, 2.05) is 18.2 Å². The van der Waals surface area contributed by atoms with Crippen LogP contribution in [0.5, 0.6) is 0 Å². The number of rotatable bonds is 5. The molecule has 6 nitrogen and oxygen atoms in total. The van der Waals surface area contributed by atoms with Crippen LogP contribution in [0, 0.1) is 0 Å². The Morgan fingerprint density at radius 2 is 2.03 bits per heavy atom. The molecule has 0 saturated heterocycles. The van der Waals surface area contributed by atoms with Crippen LogP contribution < -0.4 is 10.6 Å². The van der Waals surface area contributed by atoms with Crippen molar-refractivity contribution in [2.45, 2.75) is 53.7 Å². The second-order valence-electron chi connectivity index (χ2n) is 7.69. The van der Waals surface area contributed by atoms with Gasteiger partial charge in [-0.1, -0.05) is 24.3 Å². The van der Waals surface area contributed by atoms with Gasteiger partial charge in [0, 0.05) is 11.3 Å². The molecule has 1 aliphatic carbocycles. The maximum absolute atomic E-state index is 12.8. The first-order chi connectivity index (χ1) is 14.3. The van der Waals surface area contributed by atoms with Gasteiger partial charge in [-0.15, -0.1) is 11.8 Å². The summed E-state index contributed by atoms with van der Waals surface area (Å²) >= 11 is 1.40. The number of sulfone groups is 1. The van der Waals surface area contributed by atoms with Crippen molar-refractivity contribution in [2.24, 2.45) is 0 Å². The van der Waals surface area contributed by atoms with Gasteiger partial charge >= 0.3 is 0 Å². The SMILES string of the molecule is CC1Sc2ccc(S(=O)(=O)CCC(=O)NC3CCCc4ccccc43)cc2NC1=O. The zero-order valence-corrected chi connectivity index (χ0v) is 18.3. The molecule has 0 spiro atoms. The van der Waals surface area contributed by atoms with E-state index in [0.29, 0.717) is 5.69 Å². The number of anilines is 1. The lowest BCUT2D eigenvalue weighted by Gasteiger charge is -2.26. The second kappa shape index (κ2) is 8.43. The Hall–Kier alpha value is -2.32. The normalized spacial score (nSPS) is 20.6. The molecule has 2 aliphatic rings. The molecule has 4 rings (SSSR count). The van der Waals surface area contributed by atoms with E-state index in [1.54, 1.807) is 19.1 Å². The van der Waals surface area contributed by atoms with Crippen LogP contribution in [0.25, 0.3) is 0 Å². The average Bonchev–Trinajstić information content (AvgIpc) is 2.73. The van der Waals surface area contributed by atoms with Crippen molar-refractivity contribution in [3.63, 3.8) is 0 Å². The summed E-state index contributed by atoms with van der Waals surface area (Å²) in [7, 11) is -3.64. The number of nitrogens with one attached hydrogen (secondary N) is 2. The minimum Gasteiger partial charge on any atom is -0.349 e. The molecular formula is C22H24N2O4S2. The molecular weight excluding hydrogens is 420 g/mol. The summed E-state index contributed by atoms with van der Waals surface area (Å²) < 4.78 is 25.5. The van der Waals surface area contributed by atoms with Gasteiger partial charge in [0.2, 0.25) is 11.8 Å². The lowest BCUT2D eigenvalue weighted by atomic mass is 9.88. The van der Waals surface area contributed by atoms with Crippen LogP contribution >= 0.6 is 11.8 Å². The Labute approximate surface area is 180 Å². The van der Waals surface area contributed by atoms with Crippen molar-refractivity contribution < 1.29 is 18.0 Å². The molecule has 0 bridgehead atoms. The first-order valence-electron chi connectivity index (χ1n) is 10.0. The predicted octanol–water partition coefficient (Wildman–Crippen LogP) is 3.48. The fourth-order valence-corrected chi connectivity index (χ4v) is 6.09. The molecule has 30 heavy (non-hydrogen) atoms. The quantitative estimate of drug-likeness (QED) is 0.737. The smallest absolute Gasteiger partial charge is 0.237 e. The molecule has 0 radical (unpaired) electrons. The van der Waals surface area contributed by atoms with Crippen molar-refractivity contribution in [1.29, 1.82) is 0 Å². The average molecular weight is 445 g/mol. The summed E-state index contributed by atoms with van der Waals surface area (Å²) in [6.45, 7) is 1.80. The molecule has 158 valence electrons. The number of thioether (sulfide) groups is 1. The zero-order valence-electron chi connectivity index (χ0n) is 16.7. The minimum absolute atomic E-state index is 0.0666. The number of carbonyl (C=O) groups excluding carboxylic acids is 2. The number of benzene rings is 2. The topological polar surface area (TPSA) is 92.3 Å². The van der Waals surface area contributed by atoms with Gasteiger partial charge in [-0.05, 0) is 55.5 Å². The first kappa shape index (κ1) is 20.9. The monoisotopic (exact) mass is 444 g/mol. The molecule has 2 aromatic rings. The summed E-state index contributed by atoms with van der Waals surface area (Å²) in [5.74, 6) is -0.686. The lowest BCUT2D eigenvalue weighted by molar-refractivity contribution is -0.121. The Bertz CT molecular complexity index is 1100. The molecule has 2 atom stereocenters. The fourth-order valence-electron chi connectivity index (χ4n) is 3.90. The summed E-state index contributed by atoms with van der Waals surface area (Å²) in [5.41, 5.74) is 2.87. The van der Waals surface area contributed by atoms with Crippen LogP contribution in [0.1, 0.15) is 43.4 Å². The van der Waals surface area contributed by atoms with E-state index >= 15 is 0 Å². The first-order valence-corrected chi connectivity index (χ1v) is 12.6. The molecule has 2 N–H and O–H groups in total. The summed E-state index contributed by atoms with van der Waals surface area (Å²) in [6.07, 6.45) is 2.76. The molecule has 2 unspecified atom stereocenters. The van der Waals surface area contributed by atoms with Crippen molar-refractivity contribution in [3.05, 3.63) is 53.6 Å². The van der Waals surface area contributed by atoms with E-state index in [2.05, 4.69) is 16.7 Å². The van der Waals surface area contributed by atoms with Crippen LogP contribution in [0.15, 0.2) is 52.3 Å².